The van der Waals surface area contributed by atoms with Gasteiger partial charge in [-0.1, -0.05) is 0 Å². The molecule has 0 saturated heterocycles. The number of rotatable bonds is 12. The van der Waals surface area contributed by atoms with Gasteiger partial charge in [0.15, 0.2) is 0 Å². The summed E-state index contributed by atoms with van der Waals surface area (Å²) in [6.07, 6.45) is 4.56. The molecule has 12 heteroatoms. The van der Waals surface area contributed by atoms with Crippen LogP contribution in [-0.2, 0) is 9.13 Å². The standard InChI is InChI=1S/C12H28N2O6P2S2/c15-21(16,17)23-7-5-13-9-11-1-2-12(4-3-11)10-14-6-8-24-22(18,19)20/h11-14H,1-10H2,(H2,15,16,17)(H2,18,19,20). The molecule has 8 nitrogen and oxygen atoms in total. The maximum atomic E-state index is 10.7. The van der Waals surface area contributed by atoms with E-state index in [2.05, 4.69) is 10.6 Å². The summed E-state index contributed by atoms with van der Waals surface area (Å²) in [5.74, 6) is 2.06. The largest absolute Gasteiger partial charge is 0.384 e. The molecule has 6 N–H and O–H groups in total. The van der Waals surface area contributed by atoms with Gasteiger partial charge in [0.05, 0.1) is 0 Å². The topological polar surface area (TPSA) is 139 Å². The molecule has 0 aliphatic heterocycles. The molecule has 0 aromatic heterocycles. The molecule has 0 heterocycles. The zero-order chi connectivity index (χ0) is 18.1. The van der Waals surface area contributed by atoms with Gasteiger partial charge in [0.2, 0.25) is 0 Å². The minimum absolute atomic E-state index is 0.413. The first-order chi connectivity index (χ1) is 11.2. The van der Waals surface area contributed by atoms with Gasteiger partial charge in [-0.15, -0.1) is 0 Å². The van der Waals surface area contributed by atoms with Crippen molar-refractivity contribution in [1.29, 1.82) is 0 Å². The Kier molecular flexibility index (Phi) is 11.1. The molecule has 0 spiro atoms. The van der Waals surface area contributed by atoms with Crippen LogP contribution in [0.5, 0.6) is 0 Å². The predicted molar refractivity (Wildman–Crippen MR) is 100 cm³/mol. The Morgan fingerprint density at radius 2 is 1.08 bits per heavy atom. The van der Waals surface area contributed by atoms with Gasteiger partial charge in [-0.2, -0.15) is 0 Å². The van der Waals surface area contributed by atoms with Gasteiger partial charge < -0.3 is 30.2 Å². The Labute approximate surface area is 151 Å². The van der Waals surface area contributed by atoms with Crippen LogP contribution in [0.4, 0.5) is 0 Å². The van der Waals surface area contributed by atoms with Crippen LogP contribution in [-0.4, -0.2) is 57.3 Å². The van der Waals surface area contributed by atoms with Crippen LogP contribution in [0.15, 0.2) is 0 Å². The first kappa shape index (κ1) is 23.0. The predicted octanol–water partition coefficient (Wildman–Crippen LogP) is 1.62. The summed E-state index contributed by atoms with van der Waals surface area (Å²) in [5, 5.41) is 6.52. The summed E-state index contributed by atoms with van der Waals surface area (Å²) < 4.78 is 21.4. The third-order valence-electron chi connectivity index (χ3n) is 3.91. The zero-order valence-electron chi connectivity index (χ0n) is 13.5. The minimum Gasteiger partial charge on any atom is -0.317 e. The van der Waals surface area contributed by atoms with Crippen molar-refractivity contribution >= 4 is 36.4 Å². The molecule has 24 heavy (non-hydrogen) atoms. The van der Waals surface area contributed by atoms with E-state index in [4.69, 9.17) is 19.6 Å². The maximum absolute atomic E-state index is 10.7. The van der Waals surface area contributed by atoms with E-state index in [-0.39, 0.29) is 0 Å². The van der Waals surface area contributed by atoms with Crippen molar-refractivity contribution in [3.05, 3.63) is 0 Å². The normalized spacial score (nSPS) is 22.7. The van der Waals surface area contributed by atoms with E-state index < -0.39 is 13.6 Å². The van der Waals surface area contributed by atoms with E-state index in [1.807, 2.05) is 0 Å². The third kappa shape index (κ3) is 13.2. The molecule has 1 aliphatic carbocycles. The molecule has 0 atom stereocenters. The number of hydrogen-bond donors (Lipinski definition) is 6. The average molecular weight is 422 g/mol. The summed E-state index contributed by atoms with van der Waals surface area (Å²) in [4.78, 5) is 35.0. The van der Waals surface area contributed by atoms with Crippen molar-refractivity contribution in [2.45, 2.75) is 25.7 Å². The lowest BCUT2D eigenvalue weighted by atomic mass is 9.82. The fourth-order valence-electron chi connectivity index (χ4n) is 2.73. The van der Waals surface area contributed by atoms with Gasteiger partial charge in [0.25, 0.3) is 0 Å². The molecule has 0 amide bonds. The molecular weight excluding hydrogens is 394 g/mol. The second-order valence-electron chi connectivity index (χ2n) is 5.94. The van der Waals surface area contributed by atoms with Gasteiger partial charge in [-0.05, 0) is 73.4 Å². The number of hydrogen-bond acceptors (Lipinski definition) is 6. The summed E-state index contributed by atoms with van der Waals surface area (Å²) >= 11 is 1.36. The molecule has 0 aromatic carbocycles. The second kappa shape index (κ2) is 11.6. The van der Waals surface area contributed by atoms with Crippen LogP contribution in [0.25, 0.3) is 0 Å². The van der Waals surface area contributed by atoms with Crippen LogP contribution < -0.4 is 10.6 Å². The number of nitrogens with one attached hydrogen (secondary N) is 2. The highest BCUT2D eigenvalue weighted by Gasteiger charge is 2.21. The van der Waals surface area contributed by atoms with Crippen molar-refractivity contribution in [2.75, 3.05) is 37.7 Å². The first-order valence-electron chi connectivity index (χ1n) is 7.97. The van der Waals surface area contributed by atoms with Crippen molar-refractivity contribution < 1.29 is 28.7 Å². The summed E-state index contributed by atoms with van der Waals surface area (Å²) in [7, 11) is 0. The quantitative estimate of drug-likeness (QED) is 0.203. The summed E-state index contributed by atoms with van der Waals surface area (Å²) in [6, 6.07) is 0. The Morgan fingerprint density at radius 3 is 1.38 bits per heavy atom. The Bertz CT molecular complexity index is 399. The molecule has 1 saturated carbocycles. The van der Waals surface area contributed by atoms with Gasteiger partial charge in [-0.3, -0.25) is 0 Å². The van der Waals surface area contributed by atoms with Crippen molar-refractivity contribution in [3.63, 3.8) is 0 Å². The van der Waals surface area contributed by atoms with Crippen LogP contribution in [0.2, 0.25) is 0 Å². The van der Waals surface area contributed by atoms with Gasteiger partial charge in [-0.25, -0.2) is 9.13 Å². The molecule has 1 aliphatic rings. The summed E-state index contributed by atoms with van der Waals surface area (Å²) in [6.45, 7) is -4.90. The van der Waals surface area contributed by atoms with Crippen LogP contribution >= 0.6 is 36.4 Å². The highest BCUT2D eigenvalue weighted by Crippen LogP contribution is 2.50. The van der Waals surface area contributed by atoms with Gasteiger partial charge >= 0.3 is 13.6 Å². The SMILES string of the molecule is O=P(O)(O)SCCNCC1CCC(CNCCSP(=O)(O)O)CC1. The smallest absolute Gasteiger partial charge is 0.317 e. The molecule has 144 valence electrons. The van der Waals surface area contributed by atoms with E-state index in [0.717, 1.165) is 38.8 Å². The fourth-order valence-corrected chi connectivity index (χ4v) is 5.65. The Morgan fingerprint density at radius 1 is 0.750 bits per heavy atom. The molecule has 0 radical (unpaired) electrons. The molecule has 1 rings (SSSR count). The summed E-state index contributed by atoms with van der Waals surface area (Å²) in [5.41, 5.74) is 0. The van der Waals surface area contributed by atoms with E-state index in [0.29, 0.717) is 59.2 Å². The van der Waals surface area contributed by atoms with Crippen molar-refractivity contribution in [1.82, 2.24) is 10.6 Å². The van der Waals surface area contributed by atoms with Crippen LogP contribution in [0, 0.1) is 11.8 Å². The monoisotopic (exact) mass is 422 g/mol. The van der Waals surface area contributed by atoms with E-state index >= 15 is 0 Å². The van der Waals surface area contributed by atoms with Crippen molar-refractivity contribution in [3.8, 4) is 0 Å². The van der Waals surface area contributed by atoms with Crippen molar-refractivity contribution in [2.24, 2.45) is 11.8 Å². The second-order valence-corrected chi connectivity index (χ2v) is 13.6. The Hall–Kier alpha value is 0.920. The average Bonchev–Trinajstić information content (AvgIpc) is 2.45. The van der Waals surface area contributed by atoms with E-state index in [9.17, 15) is 9.13 Å². The van der Waals surface area contributed by atoms with Crippen LogP contribution in [0.1, 0.15) is 25.7 Å². The highest BCUT2D eigenvalue weighted by atomic mass is 32.7. The van der Waals surface area contributed by atoms with E-state index in [1.165, 1.54) is 0 Å². The van der Waals surface area contributed by atoms with Gasteiger partial charge in [0.1, 0.15) is 0 Å². The molecule has 0 unspecified atom stereocenters. The fraction of sp³-hybridized carbons (Fsp3) is 1.00. The molecule has 0 bridgehead atoms. The van der Waals surface area contributed by atoms with Crippen LogP contribution in [0.3, 0.4) is 0 Å². The lowest BCUT2D eigenvalue weighted by molar-refractivity contribution is 0.263. The van der Waals surface area contributed by atoms with E-state index in [1.54, 1.807) is 0 Å². The lowest BCUT2D eigenvalue weighted by Gasteiger charge is -2.29. The zero-order valence-corrected chi connectivity index (χ0v) is 17.0. The first-order valence-corrected chi connectivity index (χ1v) is 14.4. The molecular formula is C12H28N2O6P2S2. The maximum Gasteiger partial charge on any atom is 0.384 e. The minimum atomic E-state index is -3.95. The highest BCUT2D eigenvalue weighted by molar-refractivity contribution is 8.54. The lowest BCUT2D eigenvalue weighted by Crippen LogP contribution is -2.31. The van der Waals surface area contributed by atoms with Gasteiger partial charge in [0, 0.05) is 24.6 Å². The Balaban J connectivity index is 1.98. The molecule has 0 aromatic rings. The molecule has 1 fully saturated rings. The third-order valence-corrected chi connectivity index (χ3v) is 8.47.